The Labute approximate surface area is 184 Å². The summed E-state index contributed by atoms with van der Waals surface area (Å²) in [5, 5.41) is 51.4. The molecule has 0 aromatic heterocycles. The van der Waals surface area contributed by atoms with Gasteiger partial charge in [0.05, 0.1) is 12.7 Å². The van der Waals surface area contributed by atoms with E-state index >= 15 is 0 Å². The first-order chi connectivity index (χ1) is 15.5. The highest BCUT2D eigenvalue weighted by molar-refractivity contribution is 5.53. The molecule has 4 aliphatic heterocycles. The molecular formula is C22H27NO9. The van der Waals surface area contributed by atoms with Crippen LogP contribution in [-0.2, 0) is 16.0 Å². The highest BCUT2D eigenvalue weighted by atomic mass is 16.7. The number of hydrogen-bond donors (Lipinski definition) is 5. The van der Waals surface area contributed by atoms with Gasteiger partial charge in [0.1, 0.15) is 30.5 Å². The van der Waals surface area contributed by atoms with Crippen molar-refractivity contribution in [2.24, 2.45) is 0 Å². The molecule has 2 fully saturated rings. The lowest BCUT2D eigenvalue weighted by atomic mass is 9.73. The van der Waals surface area contributed by atoms with Gasteiger partial charge >= 0.3 is 0 Å². The van der Waals surface area contributed by atoms with E-state index < -0.39 is 49.5 Å². The first kappa shape index (κ1) is 20.8. The summed E-state index contributed by atoms with van der Waals surface area (Å²) in [7, 11) is 0. The summed E-state index contributed by atoms with van der Waals surface area (Å²) in [6.45, 7) is 1.25. The van der Waals surface area contributed by atoms with Crippen molar-refractivity contribution in [3.05, 3.63) is 34.9 Å². The van der Waals surface area contributed by atoms with E-state index in [0.717, 1.165) is 36.2 Å². The Morgan fingerprint density at radius 2 is 1.78 bits per heavy atom. The molecule has 2 saturated heterocycles. The quantitative estimate of drug-likeness (QED) is 0.349. The zero-order valence-electron chi connectivity index (χ0n) is 17.3. The highest BCUT2D eigenvalue weighted by Crippen LogP contribution is 2.50. The molecule has 4 heterocycles. The molecule has 5 N–H and O–H groups in total. The SMILES string of the molecule is OC[C@H]1OC(O[C@H]2C=C3CCN4Cc5cc6c(cc5[C@H]([C@@H]2O)[C@@H]34)OCO6)[C@H](O)[C@@H](O)[C@@H]1O. The molecule has 10 nitrogen and oxygen atoms in total. The maximum Gasteiger partial charge on any atom is 0.231 e. The lowest BCUT2D eigenvalue weighted by Crippen LogP contribution is -2.60. The van der Waals surface area contributed by atoms with Gasteiger partial charge in [0.25, 0.3) is 0 Å². The molecule has 0 bridgehead atoms. The Morgan fingerprint density at radius 1 is 1.00 bits per heavy atom. The van der Waals surface area contributed by atoms with Crippen molar-refractivity contribution in [2.45, 2.75) is 67.8 Å². The van der Waals surface area contributed by atoms with E-state index in [9.17, 15) is 25.5 Å². The lowest BCUT2D eigenvalue weighted by Gasteiger charge is -2.47. The monoisotopic (exact) mass is 449 g/mol. The van der Waals surface area contributed by atoms with E-state index in [1.807, 2.05) is 18.2 Å². The summed E-state index contributed by atoms with van der Waals surface area (Å²) in [6.07, 6.45) is -5.94. The zero-order valence-corrected chi connectivity index (χ0v) is 17.3. The van der Waals surface area contributed by atoms with Gasteiger partial charge < -0.3 is 44.5 Å². The summed E-state index contributed by atoms with van der Waals surface area (Å²) in [5.41, 5.74) is 3.21. The van der Waals surface area contributed by atoms with Crippen LogP contribution in [0.5, 0.6) is 11.5 Å². The smallest absolute Gasteiger partial charge is 0.231 e. The Kier molecular flexibility index (Phi) is 4.97. The molecule has 32 heavy (non-hydrogen) atoms. The molecule has 5 aliphatic rings. The summed E-state index contributed by atoms with van der Waals surface area (Å²) >= 11 is 0. The highest BCUT2D eigenvalue weighted by Gasteiger charge is 2.51. The van der Waals surface area contributed by atoms with E-state index in [4.69, 9.17) is 18.9 Å². The van der Waals surface area contributed by atoms with Crippen LogP contribution >= 0.6 is 0 Å². The number of aliphatic hydroxyl groups excluding tert-OH is 5. The molecule has 1 aromatic carbocycles. The van der Waals surface area contributed by atoms with Gasteiger partial charge in [-0.3, -0.25) is 4.90 Å². The first-order valence-electron chi connectivity index (χ1n) is 11.0. The van der Waals surface area contributed by atoms with Crippen LogP contribution in [0.3, 0.4) is 0 Å². The predicted octanol–water partition coefficient (Wildman–Crippen LogP) is -1.43. The fourth-order valence-electron chi connectivity index (χ4n) is 5.79. The largest absolute Gasteiger partial charge is 0.454 e. The molecule has 1 aliphatic carbocycles. The third-order valence-corrected chi connectivity index (χ3v) is 7.39. The average Bonchev–Trinajstić information content (AvgIpc) is 3.41. The average molecular weight is 449 g/mol. The third-order valence-electron chi connectivity index (χ3n) is 7.39. The molecule has 0 spiro atoms. The van der Waals surface area contributed by atoms with E-state index in [0.29, 0.717) is 11.5 Å². The Morgan fingerprint density at radius 3 is 2.56 bits per heavy atom. The van der Waals surface area contributed by atoms with Crippen LogP contribution in [0.4, 0.5) is 0 Å². The molecule has 1 unspecified atom stereocenters. The first-order valence-corrected chi connectivity index (χ1v) is 11.0. The van der Waals surface area contributed by atoms with Gasteiger partial charge in [0.15, 0.2) is 17.8 Å². The standard InChI is InChI=1S/C22H27NO9/c24-7-15-19(26)20(27)21(28)22(32-15)31-14-3-9-1-2-23-6-10-4-12-13(30-8-29-12)5-11(10)16(17(9)23)18(14)25/h3-5,14-22,24-28H,1-2,6-8H2/t14-,15+,16-,17+,18+,19+,20-,21+,22?/m0/s1. The van der Waals surface area contributed by atoms with Crippen molar-refractivity contribution in [1.82, 2.24) is 4.90 Å². The van der Waals surface area contributed by atoms with Gasteiger partial charge in [-0.2, -0.15) is 0 Å². The number of fused-ring (bicyclic) bond motifs is 3. The van der Waals surface area contributed by atoms with Crippen LogP contribution in [0.1, 0.15) is 23.5 Å². The minimum absolute atomic E-state index is 0.0486. The Bertz CT molecular complexity index is 936. The second-order valence-corrected chi connectivity index (χ2v) is 9.13. The van der Waals surface area contributed by atoms with Gasteiger partial charge in [0, 0.05) is 25.0 Å². The number of aliphatic hydroxyl groups is 5. The second-order valence-electron chi connectivity index (χ2n) is 9.13. The molecule has 9 atom stereocenters. The van der Waals surface area contributed by atoms with Crippen molar-refractivity contribution >= 4 is 0 Å². The number of benzene rings is 1. The molecule has 0 saturated carbocycles. The minimum atomic E-state index is -1.54. The molecule has 174 valence electrons. The van der Waals surface area contributed by atoms with Crippen LogP contribution in [0.2, 0.25) is 0 Å². The Balaban J connectivity index is 1.32. The van der Waals surface area contributed by atoms with Crippen LogP contribution in [0.25, 0.3) is 0 Å². The molecule has 6 rings (SSSR count). The van der Waals surface area contributed by atoms with Crippen molar-refractivity contribution in [1.29, 1.82) is 0 Å². The van der Waals surface area contributed by atoms with Gasteiger partial charge in [-0.25, -0.2) is 0 Å². The normalized spacial score (nSPS) is 42.4. The van der Waals surface area contributed by atoms with Crippen molar-refractivity contribution in [2.75, 3.05) is 19.9 Å². The molecule has 0 amide bonds. The Hall–Kier alpha value is -1.76. The number of ether oxygens (including phenoxy) is 4. The molecule has 10 heteroatoms. The summed E-state index contributed by atoms with van der Waals surface area (Å²) < 4.78 is 22.6. The summed E-state index contributed by atoms with van der Waals surface area (Å²) in [6, 6.07) is 3.96. The number of rotatable bonds is 3. The zero-order chi connectivity index (χ0) is 22.1. The van der Waals surface area contributed by atoms with Crippen molar-refractivity contribution in [3.63, 3.8) is 0 Å². The second kappa shape index (κ2) is 7.64. The van der Waals surface area contributed by atoms with Gasteiger partial charge in [-0.1, -0.05) is 11.6 Å². The van der Waals surface area contributed by atoms with Crippen LogP contribution in [0.15, 0.2) is 23.8 Å². The summed E-state index contributed by atoms with van der Waals surface area (Å²) in [5.74, 6) is 1.09. The number of nitrogens with zero attached hydrogens (tertiary/aromatic N) is 1. The van der Waals surface area contributed by atoms with E-state index in [1.165, 1.54) is 0 Å². The minimum Gasteiger partial charge on any atom is -0.454 e. The van der Waals surface area contributed by atoms with Crippen molar-refractivity contribution in [3.8, 4) is 11.5 Å². The van der Waals surface area contributed by atoms with E-state index in [1.54, 1.807) is 0 Å². The topological polar surface area (TPSA) is 141 Å². The lowest BCUT2D eigenvalue weighted by molar-refractivity contribution is -0.313. The molecule has 1 aromatic rings. The van der Waals surface area contributed by atoms with Gasteiger partial charge in [-0.15, -0.1) is 0 Å². The molecule has 0 radical (unpaired) electrons. The maximum atomic E-state index is 11.4. The fourth-order valence-corrected chi connectivity index (χ4v) is 5.79. The maximum absolute atomic E-state index is 11.4. The van der Waals surface area contributed by atoms with Crippen LogP contribution in [-0.4, -0.2) is 99.3 Å². The fraction of sp³-hybridized carbons (Fsp3) is 0.636. The van der Waals surface area contributed by atoms with Gasteiger partial charge in [-0.05, 0) is 29.7 Å². The van der Waals surface area contributed by atoms with Crippen LogP contribution in [0, 0.1) is 0 Å². The van der Waals surface area contributed by atoms with E-state index in [-0.39, 0.29) is 18.8 Å². The third kappa shape index (κ3) is 3.02. The van der Waals surface area contributed by atoms with Crippen LogP contribution < -0.4 is 9.47 Å². The van der Waals surface area contributed by atoms with Gasteiger partial charge in [0.2, 0.25) is 6.79 Å². The van der Waals surface area contributed by atoms with Crippen molar-refractivity contribution < 1.29 is 44.5 Å². The number of hydrogen-bond acceptors (Lipinski definition) is 10. The molecular weight excluding hydrogens is 422 g/mol. The summed E-state index contributed by atoms with van der Waals surface area (Å²) in [4.78, 5) is 2.34. The predicted molar refractivity (Wildman–Crippen MR) is 107 cm³/mol. The van der Waals surface area contributed by atoms with E-state index in [2.05, 4.69) is 4.90 Å².